The van der Waals surface area contributed by atoms with E-state index in [-0.39, 0.29) is 23.8 Å². The highest BCUT2D eigenvalue weighted by molar-refractivity contribution is 5.77. The number of benzene rings is 1. The maximum absolute atomic E-state index is 12.9. The first-order chi connectivity index (χ1) is 14.9. The lowest BCUT2D eigenvalue weighted by Crippen LogP contribution is -2.37. The minimum Gasteiger partial charge on any atom is -0.440 e. The molecule has 3 heterocycles. The van der Waals surface area contributed by atoms with Gasteiger partial charge in [-0.05, 0) is 37.0 Å². The van der Waals surface area contributed by atoms with Crippen molar-refractivity contribution < 1.29 is 22.4 Å². The van der Waals surface area contributed by atoms with Crippen LogP contribution in [0.3, 0.4) is 0 Å². The van der Waals surface area contributed by atoms with E-state index >= 15 is 0 Å². The quantitative estimate of drug-likeness (QED) is 0.659. The molecule has 31 heavy (non-hydrogen) atoms. The number of alkyl halides is 3. The van der Waals surface area contributed by atoms with Gasteiger partial charge in [0.15, 0.2) is 11.5 Å². The van der Waals surface area contributed by atoms with Crippen LogP contribution in [0.25, 0.3) is 11.1 Å². The highest BCUT2D eigenvalue weighted by Gasteiger charge is 2.43. The predicted octanol–water partition coefficient (Wildman–Crippen LogP) is 4.13. The number of rotatable bonds is 5. The van der Waals surface area contributed by atoms with Gasteiger partial charge in [-0.2, -0.15) is 13.2 Å². The SMILES string of the molecule is O=C(C[C@@H]1C[C@@H]1c1nc2ccccc2o1)N[C@@H]1CCN(c2cncc(C(F)(F)F)c2)C1. The van der Waals surface area contributed by atoms with Crippen LogP contribution in [0, 0.1) is 5.92 Å². The first-order valence-electron chi connectivity index (χ1n) is 10.3. The van der Waals surface area contributed by atoms with Crippen molar-refractivity contribution in [3.05, 3.63) is 54.2 Å². The molecule has 9 heteroatoms. The first-order valence-corrected chi connectivity index (χ1v) is 10.3. The molecule has 3 atom stereocenters. The number of hydrogen-bond donors (Lipinski definition) is 1. The number of fused-ring (bicyclic) bond motifs is 1. The lowest BCUT2D eigenvalue weighted by Gasteiger charge is -2.20. The molecule has 1 aliphatic carbocycles. The maximum Gasteiger partial charge on any atom is 0.417 e. The van der Waals surface area contributed by atoms with Gasteiger partial charge in [0.05, 0.1) is 17.4 Å². The lowest BCUT2D eigenvalue weighted by atomic mass is 10.2. The Bertz CT molecular complexity index is 1080. The number of oxazole rings is 1. The zero-order valence-corrected chi connectivity index (χ0v) is 16.6. The van der Waals surface area contributed by atoms with E-state index in [2.05, 4.69) is 15.3 Å². The topological polar surface area (TPSA) is 71.3 Å². The van der Waals surface area contributed by atoms with E-state index in [1.807, 2.05) is 29.2 Å². The molecule has 2 aliphatic rings. The highest BCUT2D eigenvalue weighted by atomic mass is 19.4. The second-order valence-corrected chi connectivity index (χ2v) is 8.25. The average molecular weight is 430 g/mol. The van der Waals surface area contributed by atoms with Gasteiger partial charge >= 0.3 is 6.18 Å². The van der Waals surface area contributed by atoms with Gasteiger partial charge in [-0.3, -0.25) is 9.78 Å². The summed E-state index contributed by atoms with van der Waals surface area (Å²) in [5, 5.41) is 3.02. The summed E-state index contributed by atoms with van der Waals surface area (Å²) in [5.41, 5.74) is 1.23. The molecule has 3 aromatic rings. The zero-order valence-electron chi connectivity index (χ0n) is 16.6. The average Bonchev–Trinajstić information content (AvgIpc) is 3.14. The van der Waals surface area contributed by atoms with E-state index in [1.165, 1.54) is 6.20 Å². The molecule has 2 aromatic heterocycles. The van der Waals surface area contributed by atoms with Crippen LogP contribution in [0.5, 0.6) is 0 Å². The molecule has 2 fully saturated rings. The molecule has 1 saturated heterocycles. The smallest absolute Gasteiger partial charge is 0.417 e. The Kier molecular flexibility index (Phi) is 4.83. The van der Waals surface area contributed by atoms with Crippen molar-refractivity contribution in [1.29, 1.82) is 0 Å². The number of halogens is 3. The molecule has 1 amide bonds. The largest absolute Gasteiger partial charge is 0.440 e. The molecule has 0 radical (unpaired) electrons. The monoisotopic (exact) mass is 430 g/mol. The molecule has 0 spiro atoms. The molecule has 1 aliphatic heterocycles. The summed E-state index contributed by atoms with van der Waals surface area (Å²) in [7, 11) is 0. The van der Waals surface area contributed by atoms with Gasteiger partial charge in [-0.25, -0.2) is 4.98 Å². The van der Waals surface area contributed by atoms with Gasteiger partial charge in [-0.15, -0.1) is 0 Å². The predicted molar refractivity (Wildman–Crippen MR) is 107 cm³/mol. The Balaban J connectivity index is 1.14. The fourth-order valence-corrected chi connectivity index (χ4v) is 4.22. The lowest BCUT2D eigenvalue weighted by molar-refractivity contribution is -0.137. The summed E-state index contributed by atoms with van der Waals surface area (Å²) >= 11 is 0. The number of aromatic nitrogens is 2. The molecular weight excluding hydrogens is 409 g/mol. The molecule has 6 nitrogen and oxygen atoms in total. The van der Waals surface area contributed by atoms with E-state index in [4.69, 9.17) is 4.42 Å². The third-order valence-corrected chi connectivity index (χ3v) is 5.97. The second-order valence-electron chi connectivity index (χ2n) is 8.25. The minimum atomic E-state index is -4.42. The van der Waals surface area contributed by atoms with Crippen LogP contribution in [0.15, 0.2) is 47.1 Å². The number of para-hydroxylation sites is 2. The zero-order chi connectivity index (χ0) is 21.6. The van der Waals surface area contributed by atoms with E-state index < -0.39 is 11.7 Å². The van der Waals surface area contributed by atoms with E-state index in [0.29, 0.717) is 37.5 Å². The number of carbonyl (C=O) groups is 1. The molecular formula is C22H21F3N4O2. The van der Waals surface area contributed by atoms with Gasteiger partial charge in [-0.1, -0.05) is 12.1 Å². The van der Waals surface area contributed by atoms with Crippen LogP contribution >= 0.6 is 0 Å². The maximum atomic E-state index is 12.9. The number of amides is 1. The Labute approximate surface area is 176 Å². The molecule has 0 bridgehead atoms. The Morgan fingerprint density at radius 3 is 2.90 bits per heavy atom. The molecule has 0 unspecified atom stereocenters. The standard InChI is InChI=1S/C22H21F3N4O2/c23-22(24,25)14-9-16(11-26-10-14)29-6-5-15(12-29)27-20(30)8-13-7-17(13)21-28-18-3-1-2-4-19(18)31-21/h1-4,9-11,13,15,17H,5-8,12H2,(H,27,30)/t13-,15+,17-/m0/s1. The van der Waals surface area contributed by atoms with Crippen molar-refractivity contribution in [2.45, 2.75) is 37.4 Å². The van der Waals surface area contributed by atoms with Gasteiger partial charge in [0.2, 0.25) is 5.91 Å². The molecule has 162 valence electrons. The summed E-state index contributed by atoms with van der Waals surface area (Å²) in [6, 6.07) is 8.60. The van der Waals surface area contributed by atoms with E-state index in [9.17, 15) is 18.0 Å². The van der Waals surface area contributed by atoms with Crippen molar-refractivity contribution in [1.82, 2.24) is 15.3 Å². The highest BCUT2D eigenvalue weighted by Crippen LogP contribution is 2.49. The molecule has 1 saturated carbocycles. The van der Waals surface area contributed by atoms with E-state index in [1.54, 1.807) is 0 Å². The Hall–Kier alpha value is -3.10. The number of anilines is 1. The Morgan fingerprint density at radius 1 is 1.26 bits per heavy atom. The van der Waals surface area contributed by atoms with Gasteiger partial charge in [0.25, 0.3) is 0 Å². The van der Waals surface area contributed by atoms with Crippen LogP contribution < -0.4 is 10.2 Å². The van der Waals surface area contributed by atoms with Crippen LogP contribution in [-0.2, 0) is 11.0 Å². The Morgan fingerprint density at radius 2 is 2.10 bits per heavy atom. The van der Waals surface area contributed by atoms with Crippen LogP contribution in [0.2, 0.25) is 0 Å². The molecule has 5 rings (SSSR count). The van der Waals surface area contributed by atoms with Crippen molar-refractivity contribution >= 4 is 22.7 Å². The number of nitrogens with one attached hydrogen (secondary N) is 1. The van der Waals surface area contributed by atoms with Crippen molar-refractivity contribution in [2.75, 3.05) is 18.0 Å². The summed E-state index contributed by atoms with van der Waals surface area (Å²) in [6.07, 6.45) is -0.235. The molecule has 1 aromatic carbocycles. The van der Waals surface area contributed by atoms with Crippen molar-refractivity contribution in [3.63, 3.8) is 0 Å². The van der Waals surface area contributed by atoms with E-state index in [0.717, 1.165) is 29.8 Å². The number of nitrogens with zero attached hydrogens (tertiary/aromatic N) is 3. The van der Waals surface area contributed by atoms with Crippen LogP contribution in [-0.4, -0.2) is 35.0 Å². The fraction of sp³-hybridized carbons (Fsp3) is 0.409. The number of hydrogen-bond acceptors (Lipinski definition) is 5. The van der Waals surface area contributed by atoms with Crippen LogP contribution in [0.1, 0.15) is 36.6 Å². The van der Waals surface area contributed by atoms with Gasteiger partial charge in [0, 0.05) is 37.7 Å². The summed E-state index contributed by atoms with van der Waals surface area (Å²) in [6.45, 7) is 1.04. The summed E-state index contributed by atoms with van der Waals surface area (Å²) in [4.78, 5) is 22.5. The fourth-order valence-electron chi connectivity index (χ4n) is 4.22. The summed E-state index contributed by atoms with van der Waals surface area (Å²) < 4.78 is 44.6. The normalized spacial score (nSPS) is 23.3. The molecule has 1 N–H and O–H groups in total. The van der Waals surface area contributed by atoms with Crippen molar-refractivity contribution in [2.24, 2.45) is 5.92 Å². The van der Waals surface area contributed by atoms with Crippen molar-refractivity contribution in [3.8, 4) is 0 Å². The third kappa shape index (κ3) is 4.22. The summed E-state index contributed by atoms with van der Waals surface area (Å²) in [5.74, 6) is 1.01. The number of pyridine rings is 1. The second kappa shape index (κ2) is 7.55. The first kappa shape index (κ1) is 19.8. The van der Waals surface area contributed by atoms with Gasteiger partial charge in [0.1, 0.15) is 5.52 Å². The minimum absolute atomic E-state index is 0.0439. The van der Waals surface area contributed by atoms with Crippen LogP contribution in [0.4, 0.5) is 18.9 Å². The third-order valence-electron chi connectivity index (χ3n) is 5.97. The van der Waals surface area contributed by atoms with Gasteiger partial charge < -0.3 is 14.6 Å². The number of carbonyl (C=O) groups excluding carboxylic acids is 1.